The lowest BCUT2D eigenvalue weighted by molar-refractivity contribution is -0.289. The van der Waals surface area contributed by atoms with E-state index >= 15 is 0 Å². The molecule has 2 nitrogen and oxygen atoms in total. The molecule has 0 heterocycles. The summed E-state index contributed by atoms with van der Waals surface area (Å²) in [5.41, 5.74) is -4.66. The van der Waals surface area contributed by atoms with E-state index in [1.165, 1.54) is 13.8 Å². The molecule has 0 bridgehead atoms. The summed E-state index contributed by atoms with van der Waals surface area (Å²) < 4.78 is 89.4. The minimum absolute atomic E-state index is 0.146. The largest absolute Gasteiger partial charge is 0.507 e. The highest BCUT2D eigenvalue weighted by Crippen LogP contribution is 2.61. The van der Waals surface area contributed by atoms with Crippen LogP contribution in [0.3, 0.4) is 0 Å². The van der Waals surface area contributed by atoms with Gasteiger partial charge in [0.2, 0.25) is 5.41 Å². The summed E-state index contributed by atoms with van der Waals surface area (Å²) in [5.74, 6) is -2.30. The van der Waals surface area contributed by atoms with Gasteiger partial charge in [0, 0.05) is 11.1 Å². The Morgan fingerprint density at radius 1 is 0.462 bits per heavy atom. The molecular formula is C31H26F6O2. The van der Waals surface area contributed by atoms with Gasteiger partial charge in [0.05, 0.1) is 0 Å². The number of rotatable bonds is 4. The van der Waals surface area contributed by atoms with Crippen molar-refractivity contribution in [2.75, 3.05) is 0 Å². The molecule has 0 amide bonds. The van der Waals surface area contributed by atoms with Crippen LogP contribution in [0.5, 0.6) is 11.5 Å². The maximum Gasteiger partial charge on any atom is 0.411 e. The van der Waals surface area contributed by atoms with E-state index in [9.17, 15) is 36.6 Å². The number of alkyl halides is 6. The van der Waals surface area contributed by atoms with E-state index in [0.717, 1.165) is 23.3 Å². The Morgan fingerprint density at radius 3 is 1.10 bits per heavy atom. The van der Waals surface area contributed by atoms with Gasteiger partial charge in [0.1, 0.15) is 11.5 Å². The molecule has 0 aromatic heterocycles. The average molecular weight is 545 g/mol. The van der Waals surface area contributed by atoms with Crippen LogP contribution in [0.2, 0.25) is 0 Å². The Morgan fingerprint density at radius 2 is 0.795 bits per heavy atom. The zero-order valence-corrected chi connectivity index (χ0v) is 21.6. The first-order valence-corrected chi connectivity index (χ1v) is 12.1. The first-order valence-electron chi connectivity index (χ1n) is 12.1. The Hall–Kier alpha value is -3.94. The monoisotopic (exact) mass is 544 g/mol. The van der Waals surface area contributed by atoms with Crippen LogP contribution in [0.1, 0.15) is 33.4 Å². The summed E-state index contributed by atoms with van der Waals surface area (Å²) in [6.45, 7) is 6.02. The Kier molecular flexibility index (Phi) is 6.96. The van der Waals surface area contributed by atoms with Crippen molar-refractivity contribution >= 4 is 0 Å². The summed E-state index contributed by atoms with van der Waals surface area (Å²) in [4.78, 5) is 0. The maximum absolute atomic E-state index is 14.9. The summed E-state index contributed by atoms with van der Waals surface area (Å²) in [6.07, 6.45) is -12.0. The van der Waals surface area contributed by atoms with E-state index in [2.05, 4.69) is 0 Å². The van der Waals surface area contributed by atoms with Crippen molar-refractivity contribution in [1.29, 1.82) is 0 Å². The first-order chi connectivity index (χ1) is 18.1. The highest BCUT2D eigenvalue weighted by Gasteiger charge is 2.74. The molecule has 4 aromatic carbocycles. The average Bonchev–Trinajstić information content (AvgIpc) is 2.84. The molecule has 0 atom stereocenters. The second kappa shape index (κ2) is 9.67. The second-order valence-electron chi connectivity index (χ2n) is 9.64. The molecule has 0 saturated heterocycles. The lowest BCUT2D eigenvalue weighted by Crippen LogP contribution is -2.55. The fourth-order valence-corrected chi connectivity index (χ4v) is 5.26. The molecule has 0 aliphatic carbocycles. The van der Waals surface area contributed by atoms with Gasteiger partial charge in [-0.1, -0.05) is 72.8 Å². The molecule has 2 N–H and O–H groups in total. The Labute approximate surface area is 222 Å². The number of benzene rings is 4. The topological polar surface area (TPSA) is 40.5 Å². The zero-order valence-electron chi connectivity index (χ0n) is 21.6. The van der Waals surface area contributed by atoms with Gasteiger partial charge in [-0.05, 0) is 72.2 Å². The van der Waals surface area contributed by atoms with E-state index < -0.39 is 40.4 Å². The van der Waals surface area contributed by atoms with Crippen molar-refractivity contribution in [2.45, 2.75) is 45.5 Å². The fraction of sp³-hybridized carbons (Fsp3) is 0.226. The van der Waals surface area contributed by atoms with Crippen molar-refractivity contribution < 1.29 is 36.6 Å². The predicted molar refractivity (Wildman–Crippen MR) is 139 cm³/mol. The van der Waals surface area contributed by atoms with Crippen LogP contribution < -0.4 is 0 Å². The number of halogens is 6. The predicted octanol–water partition coefficient (Wildman–Crippen LogP) is 9.08. The summed E-state index contributed by atoms with van der Waals surface area (Å²) in [5, 5.41) is 22.0. The van der Waals surface area contributed by atoms with Gasteiger partial charge in [-0.25, -0.2) is 0 Å². The summed E-state index contributed by atoms with van der Waals surface area (Å²) in [6, 6.07) is 17.2. The fourth-order valence-electron chi connectivity index (χ4n) is 5.26. The van der Waals surface area contributed by atoms with Crippen LogP contribution in [0.25, 0.3) is 22.3 Å². The molecule has 204 valence electrons. The van der Waals surface area contributed by atoms with Gasteiger partial charge in [0.15, 0.2) is 0 Å². The lowest BCUT2D eigenvalue weighted by Gasteiger charge is -2.39. The van der Waals surface area contributed by atoms with E-state index in [-0.39, 0.29) is 11.1 Å². The molecule has 0 aliphatic rings. The molecule has 0 fully saturated rings. The summed E-state index contributed by atoms with van der Waals surface area (Å²) >= 11 is 0. The van der Waals surface area contributed by atoms with Crippen LogP contribution in [0, 0.1) is 27.7 Å². The van der Waals surface area contributed by atoms with Gasteiger partial charge in [0.25, 0.3) is 0 Å². The van der Waals surface area contributed by atoms with Gasteiger partial charge in [-0.2, -0.15) is 26.3 Å². The number of aryl methyl sites for hydroxylation is 2. The number of aromatic hydroxyl groups is 2. The van der Waals surface area contributed by atoms with Crippen LogP contribution in [-0.2, 0) is 5.41 Å². The van der Waals surface area contributed by atoms with E-state index in [4.69, 9.17) is 0 Å². The van der Waals surface area contributed by atoms with E-state index in [0.29, 0.717) is 34.4 Å². The first kappa shape index (κ1) is 28.1. The van der Waals surface area contributed by atoms with Crippen LogP contribution in [0.15, 0.2) is 72.8 Å². The third kappa shape index (κ3) is 4.32. The lowest BCUT2D eigenvalue weighted by atomic mass is 9.70. The second-order valence-corrected chi connectivity index (χ2v) is 9.64. The third-order valence-corrected chi connectivity index (χ3v) is 7.39. The molecule has 0 saturated carbocycles. The standard InChI is InChI=1S/C31H26F6O2/c1-17-9-5-7-11-21(17)23-13-15-25(27(38)19(23)3)29(30(32,33)34,31(35,36)37)26-16-14-24(20(4)28(26)39)22-12-8-6-10-18(22)2/h5-16,38-39H,1-4H3. The minimum atomic E-state index is -5.98. The van der Waals surface area contributed by atoms with Crippen LogP contribution >= 0.6 is 0 Å². The smallest absolute Gasteiger partial charge is 0.411 e. The molecular weight excluding hydrogens is 518 g/mol. The summed E-state index contributed by atoms with van der Waals surface area (Å²) in [7, 11) is 0. The van der Waals surface area contributed by atoms with Crippen molar-refractivity contribution in [1.82, 2.24) is 0 Å². The molecule has 0 spiro atoms. The van der Waals surface area contributed by atoms with E-state index in [1.807, 2.05) is 0 Å². The third-order valence-electron chi connectivity index (χ3n) is 7.39. The van der Waals surface area contributed by atoms with Crippen LogP contribution in [-0.4, -0.2) is 22.6 Å². The van der Waals surface area contributed by atoms with E-state index in [1.54, 1.807) is 62.4 Å². The minimum Gasteiger partial charge on any atom is -0.507 e. The Bertz CT molecular complexity index is 1430. The maximum atomic E-state index is 14.9. The van der Waals surface area contributed by atoms with Gasteiger partial charge >= 0.3 is 12.4 Å². The SMILES string of the molecule is Cc1ccccc1-c1ccc(C(c2ccc(-c3ccccc3C)c(C)c2O)(C(F)(F)F)C(F)(F)F)c(O)c1C. The van der Waals surface area contributed by atoms with Gasteiger partial charge < -0.3 is 10.2 Å². The molecule has 4 aromatic rings. The molecule has 0 unspecified atom stereocenters. The Balaban J connectivity index is 2.07. The molecule has 8 heteroatoms. The van der Waals surface area contributed by atoms with Gasteiger partial charge in [-0.3, -0.25) is 0 Å². The highest BCUT2D eigenvalue weighted by molar-refractivity contribution is 5.77. The number of phenolic OH excluding ortho intramolecular Hbond substituents is 2. The van der Waals surface area contributed by atoms with Crippen molar-refractivity contribution in [3.8, 4) is 33.8 Å². The molecule has 39 heavy (non-hydrogen) atoms. The normalized spacial score (nSPS) is 12.6. The van der Waals surface area contributed by atoms with Gasteiger partial charge in [-0.15, -0.1) is 0 Å². The van der Waals surface area contributed by atoms with Crippen molar-refractivity contribution in [3.63, 3.8) is 0 Å². The molecule has 4 rings (SSSR count). The number of hydrogen-bond acceptors (Lipinski definition) is 2. The quantitative estimate of drug-likeness (QED) is 0.252. The number of phenols is 2. The van der Waals surface area contributed by atoms with Crippen LogP contribution in [0.4, 0.5) is 26.3 Å². The highest BCUT2D eigenvalue weighted by atomic mass is 19.4. The molecule has 0 radical (unpaired) electrons. The molecule has 0 aliphatic heterocycles. The number of hydrogen-bond donors (Lipinski definition) is 2. The van der Waals surface area contributed by atoms with Crippen molar-refractivity contribution in [2.24, 2.45) is 0 Å². The zero-order chi connectivity index (χ0) is 28.9. The van der Waals surface area contributed by atoms with Crippen molar-refractivity contribution in [3.05, 3.63) is 106 Å².